The molecule has 0 unspecified atom stereocenters. The van der Waals surface area contributed by atoms with E-state index in [2.05, 4.69) is 14.2 Å². The number of hydrogen-bond acceptors (Lipinski definition) is 5. The van der Waals surface area contributed by atoms with Gasteiger partial charge in [-0.15, -0.1) is 13.2 Å². The zero-order chi connectivity index (χ0) is 18.2. The number of unbranched alkanes of at least 4 members (excludes halogenated alkanes) is 2. The molecule has 6 nitrogen and oxygen atoms in total. The molecule has 0 atom stereocenters. The fourth-order valence-corrected chi connectivity index (χ4v) is 2.86. The van der Waals surface area contributed by atoms with E-state index in [4.69, 9.17) is 0 Å². The van der Waals surface area contributed by atoms with Crippen LogP contribution in [0, 0.1) is 0 Å². The first kappa shape index (κ1) is 20.2. The van der Waals surface area contributed by atoms with E-state index < -0.39 is 22.1 Å². The van der Waals surface area contributed by atoms with Gasteiger partial charge in [-0.25, -0.2) is 13.1 Å². The first-order valence-corrected chi connectivity index (χ1v) is 8.54. The van der Waals surface area contributed by atoms with Gasteiger partial charge in [0.1, 0.15) is 5.75 Å². The molecular formula is C14H18F3NO5S. The highest BCUT2D eigenvalue weighted by Gasteiger charge is 2.31. The van der Waals surface area contributed by atoms with Crippen molar-refractivity contribution in [2.75, 3.05) is 13.7 Å². The quantitative estimate of drug-likeness (QED) is 0.534. The molecule has 0 aliphatic carbocycles. The lowest BCUT2D eigenvalue weighted by Gasteiger charge is -2.10. The summed E-state index contributed by atoms with van der Waals surface area (Å²) in [7, 11) is -2.51. The molecule has 0 saturated carbocycles. The Balaban J connectivity index is 2.44. The molecule has 0 amide bonds. The summed E-state index contributed by atoms with van der Waals surface area (Å²) < 4.78 is 70.5. The van der Waals surface area contributed by atoms with E-state index in [1.807, 2.05) is 0 Å². The lowest BCUT2D eigenvalue weighted by Crippen LogP contribution is -2.24. The molecule has 0 radical (unpaired) electrons. The molecule has 1 aromatic rings. The van der Waals surface area contributed by atoms with Crippen molar-refractivity contribution in [2.24, 2.45) is 0 Å². The Labute approximate surface area is 138 Å². The number of nitrogens with one attached hydrogen (secondary N) is 1. The maximum absolute atomic E-state index is 12.0. The highest BCUT2D eigenvalue weighted by atomic mass is 32.2. The van der Waals surface area contributed by atoms with Crippen LogP contribution in [0.4, 0.5) is 13.2 Å². The summed E-state index contributed by atoms with van der Waals surface area (Å²) >= 11 is 0. The normalized spacial score (nSPS) is 12.0. The molecule has 0 aliphatic heterocycles. The van der Waals surface area contributed by atoms with Crippen molar-refractivity contribution in [1.82, 2.24) is 4.72 Å². The lowest BCUT2D eigenvalue weighted by molar-refractivity contribution is -0.274. The Morgan fingerprint density at radius 1 is 1.12 bits per heavy atom. The van der Waals surface area contributed by atoms with Gasteiger partial charge in [-0.2, -0.15) is 0 Å². The number of methoxy groups -OCH3 is 1. The summed E-state index contributed by atoms with van der Waals surface area (Å²) in [6, 6.07) is 3.91. The predicted molar refractivity (Wildman–Crippen MR) is 78.8 cm³/mol. The van der Waals surface area contributed by atoms with Gasteiger partial charge in [0.25, 0.3) is 0 Å². The Bertz CT molecular complexity index is 629. The average Bonchev–Trinajstić information content (AvgIpc) is 2.49. The first-order valence-electron chi connectivity index (χ1n) is 7.06. The second kappa shape index (κ2) is 8.88. The number of sulfonamides is 1. The molecule has 10 heteroatoms. The summed E-state index contributed by atoms with van der Waals surface area (Å²) in [5, 5.41) is 0. The van der Waals surface area contributed by atoms with Crippen molar-refractivity contribution in [3.63, 3.8) is 0 Å². The van der Waals surface area contributed by atoms with Crippen LogP contribution in [0.15, 0.2) is 29.2 Å². The van der Waals surface area contributed by atoms with Gasteiger partial charge < -0.3 is 9.47 Å². The molecule has 0 aliphatic rings. The molecule has 0 saturated heterocycles. The molecule has 136 valence electrons. The standard InChI is InChI=1S/C14H18F3NO5S/c1-22-13(19)5-3-2-4-10-18-24(20,21)12-8-6-11(7-9-12)23-14(15,16)17/h6-9,18H,2-5,10H2,1H3. The number of carbonyl (C=O) groups is 1. The zero-order valence-corrected chi connectivity index (χ0v) is 13.7. The van der Waals surface area contributed by atoms with Crippen LogP contribution in [0.3, 0.4) is 0 Å². The molecule has 0 bridgehead atoms. The van der Waals surface area contributed by atoms with Crippen molar-refractivity contribution in [3.8, 4) is 5.75 Å². The van der Waals surface area contributed by atoms with E-state index in [1.165, 1.54) is 7.11 Å². The Morgan fingerprint density at radius 3 is 2.29 bits per heavy atom. The van der Waals surface area contributed by atoms with Crippen molar-refractivity contribution < 1.29 is 35.9 Å². The van der Waals surface area contributed by atoms with Gasteiger partial charge in [-0.1, -0.05) is 6.42 Å². The van der Waals surface area contributed by atoms with Crippen molar-refractivity contribution >= 4 is 16.0 Å². The van der Waals surface area contributed by atoms with Crippen molar-refractivity contribution in [1.29, 1.82) is 0 Å². The molecule has 24 heavy (non-hydrogen) atoms. The third-order valence-corrected chi connectivity index (χ3v) is 4.42. The van der Waals surface area contributed by atoms with E-state index in [9.17, 15) is 26.4 Å². The van der Waals surface area contributed by atoms with Gasteiger partial charge in [0, 0.05) is 13.0 Å². The minimum absolute atomic E-state index is 0.157. The number of hydrogen-bond donors (Lipinski definition) is 1. The number of benzene rings is 1. The lowest BCUT2D eigenvalue weighted by atomic mass is 10.2. The van der Waals surface area contributed by atoms with E-state index in [0.717, 1.165) is 24.3 Å². The van der Waals surface area contributed by atoms with Gasteiger partial charge >= 0.3 is 12.3 Å². The van der Waals surface area contributed by atoms with E-state index in [1.54, 1.807) is 0 Å². The average molecular weight is 369 g/mol. The smallest absolute Gasteiger partial charge is 0.469 e. The van der Waals surface area contributed by atoms with Gasteiger partial charge in [0.05, 0.1) is 12.0 Å². The largest absolute Gasteiger partial charge is 0.573 e. The third-order valence-electron chi connectivity index (χ3n) is 2.95. The second-order valence-electron chi connectivity index (χ2n) is 4.80. The van der Waals surface area contributed by atoms with Gasteiger partial charge in [-0.05, 0) is 37.1 Å². The van der Waals surface area contributed by atoms with E-state index in [0.29, 0.717) is 19.3 Å². The molecule has 1 N–H and O–H groups in total. The van der Waals surface area contributed by atoms with Crippen LogP contribution in [0.2, 0.25) is 0 Å². The number of carbonyl (C=O) groups excluding carboxylic acids is 1. The van der Waals surface area contributed by atoms with Gasteiger partial charge in [0.15, 0.2) is 0 Å². The van der Waals surface area contributed by atoms with Crippen LogP contribution in [0.25, 0.3) is 0 Å². The molecular weight excluding hydrogens is 351 g/mol. The van der Waals surface area contributed by atoms with Crippen LogP contribution in [0.1, 0.15) is 25.7 Å². The van der Waals surface area contributed by atoms with Crippen LogP contribution in [0.5, 0.6) is 5.75 Å². The molecule has 0 aromatic heterocycles. The topological polar surface area (TPSA) is 81.7 Å². The summed E-state index contributed by atoms with van der Waals surface area (Å²) in [5.74, 6) is -0.819. The van der Waals surface area contributed by atoms with Crippen molar-refractivity contribution in [2.45, 2.75) is 36.9 Å². The zero-order valence-electron chi connectivity index (χ0n) is 12.9. The summed E-state index contributed by atoms with van der Waals surface area (Å²) in [5.41, 5.74) is 0. The number of ether oxygens (including phenoxy) is 2. The number of alkyl halides is 3. The van der Waals surface area contributed by atoms with Crippen LogP contribution in [-0.2, 0) is 19.6 Å². The SMILES string of the molecule is COC(=O)CCCCCNS(=O)(=O)c1ccc(OC(F)(F)F)cc1. The fourth-order valence-electron chi connectivity index (χ4n) is 1.78. The molecule has 0 heterocycles. The Kier molecular flexibility index (Phi) is 7.49. The Morgan fingerprint density at radius 2 is 1.75 bits per heavy atom. The summed E-state index contributed by atoms with van der Waals surface area (Å²) in [6.07, 6.45) is -2.83. The highest BCUT2D eigenvalue weighted by Crippen LogP contribution is 2.23. The number of esters is 1. The first-order chi connectivity index (χ1) is 11.1. The Hall–Kier alpha value is -1.81. The summed E-state index contributed by atoms with van der Waals surface area (Å²) in [4.78, 5) is 10.7. The van der Waals surface area contributed by atoms with E-state index in [-0.39, 0.29) is 23.8 Å². The number of rotatable bonds is 9. The van der Waals surface area contributed by atoms with E-state index >= 15 is 0 Å². The maximum atomic E-state index is 12.0. The predicted octanol–water partition coefficient (Wildman–Crippen LogP) is 2.60. The highest BCUT2D eigenvalue weighted by molar-refractivity contribution is 7.89. The summed E-state index contributed by atoms with van der Waals surface area (Å²) in [6.45, 7) is 0.157. The maximum Gasteiger partial charge on any atom is 0.573 e. The fraction of sp³-hybridized carbons (Fsp3) is 0.500. The van der Waals surface area contributed by atoms with Gasteiger partial charge in [-0.3, -0.25) is 4.79 Å². The van der Waals surface area contributed by atoms with Gasteiger partial charge in [0.2, 0.25) is 10.0 Å². The number of halogens is 3. The molecule has 1 rings (SSSR count). The van der Waals surface area contributed by atoms with Crippen LogP contribution >= 0.6 is 0 Å². The minimum atomic E-state index is -4.83. The molecule has 1 aromatic carbocycles. The van der Waals surface area contributed by atoms with Crippen LogP contribution in [-0.4, -0.2) is 34.4 Å². The minimum Gasteiger partial charge on any atom is -0.469 e. The second-order valence-corrected chi connectivity index (χ2v) is 6.57. The third kappa shape index (κ3) is 7.64. The van der Waals surface area contributed by atoms with Crippen molar-refractivity contribution in [3.05, 3.63) is 24.3 Å². The molecule has 0 spiro atoms. The monoisotopic (exact) mass is 369 g/mol. The van der Waals surface area contributed by atoms with Crippen LogP contribution < -0.4 is 9.46 Å². The molecule has 0 fully saturated rings.